The molecule has 0 N–H and O–H groups in total. The lowest BCUT2D eigenvalue weighted by atomic mass is 10.1. The number of sulfonamides is 1. The van der Waals surface area contributed by atoms with Crippen LogP contribution in [-0.4, -0.2) is 46.9 Å². The van der Waals surface area contributed by atoms with Crippen molar-refractivity contribution >= 4 is 10.0 Å². The smallest absolute Gasteiger partial charge is 0.214 e. The van der Waals surface area contributed by atoms with E-state index in [0.29, 0.717) is 23.7 Å². The maximum Gasteiger partial charge on any atom is 0.214 e. The van der Waals surface area contributed by atoms with Crippen molar-refractivity contribution < 1.29 is 22.6 Å². The van der Waals surface area contributed by atoms with Crippen molar-refractivity contribution in [2.24, 2.45) is 0 Å². The van der Waals surface area contributed by atoms with Crippen LogP contribution in [0.15, 0.2) is 42.5 Å². The van der Waals surface area contributed by atoms with E-state index in [-0.39, 0.29) is 12.3 Å². The minimum absolute atomic E-state index is 0.100. The molecule has 0 amide bonds. The van der Waals surface area contributed by atoms with Gasteiger partial charge in [0.1, 0.15) is 0 Å². The molecule has 148 valence electrons. The van der Waals surface area contributed by atoms with Crippen molar-refractivity contribution in [2.75, 3.05) is 34.1 Å². The molecule has 0 atom stereocenters. The summed E-state index contributed by atoms with van der Waals surface area (Å²) in [6.45, 7) is 0.227. The maximum atomic E-state index is 12.6. The summed E-state index contributed by atoms with van der Waals surface area (Å²) in [5, 5.41) is 0. The molecule has 0 aliphatic carbocycles. The van der Waals surface area contributed by atoms with Crippen LogP contribution in [0.5, 0.6) is 17.2 Å². The van der Waals surface area contributed by atoms with Crippen molar-refractivity contribution in [3.8, 4) is 17.2 Å². The Morgan fingerprint density at radius 3 is 2.00 bits per heavy atom. The Bertz CT molecular complexity index is 812. The van der Waals surface area contributed by atoms with Crippen LogP contribution in [0.4, 0.5) is 0 Å². The van der Waals surface area contributed by atoms with Gasteiger partial charge in [0.25, 0.3) is 0 Å². The first-order chi connectivity index (χ1) is 12.9. The lowest BCUT2D eigenvalue weighted by molar-refractivity contribution is 0.323. The molecule has 7 heteroatoms. The summed E-state index contributed by atoms with van der Waals surface area (Å²) in [6.07, 6.45) is 1.31. The molecule has 2 aromatic rings. The zero-order valence-electron chi connectivity index (χ0n) is 16.3. The summed E-state index contributed by atoms with van der Waals surface area (Å²) in [7, 11) is 2.82. The fourth-order valence-corrected chi connectivity index (χ4v) is 4.01. The summed E-state index contributed by atoms with van der Waals surface area (Å²) in [6, 6.07) is 13.4. The Morgan fingerprint density at radius 2 is 1.48 bits per heavy atom. The van der Waals surface area contributed by atoms with Crippen LogP contribution in [0.25, 0.3) is 0 Å². The number of hydrogen-bond donors (Lipinski definition) is 0. The molecule has 0 aliphatic heterocycles. The van der Waals surface area contributed by atoms with E-state index >= 15 is 0 Å². The number of nitrogens with zero attached hydrogens (tertiary/aromatic N) is 1. The van der Waals surface area contributed by atoms with Gasteiger partial charge in [-0.05, 0) is 36.1 Å². The molecule has 0 saturated carbocycles. The SMILES string of the molecule is COc1cc(CN(C)S(=O)(=O)CCCc2ccccc2)cc(OC)c1OC. The second-order valence-electron chi connectivity index (χ2n) is 6.19. The molecule has 2 rings (SSSR count). The Hall–Kier alpha value is -2.25. The molecule has 0 radical (unpaired) electrons. The van der Waals surface area contributed by atoms with Crippen LogP contribution < -0.4 is 14.2 Å². The summed E-state index contributed by atoms with van der Waals surface area (Å²) in [4.78, 5) is 0. The van der Waals surface area contributed by atoms with Crippen molar-refractivity contribution in [3.05, 3.63) is 53.6 Å². The van der Waals surface area contributed by atoms with Gasteiger partial charge in [0, 0.05) is 13.6 Å². The highest BCUT2D eigenvalue weighted by atomic mass is 32.2. The van der Waals surface area contributed by atoms with E-state index in [1.807, 2.05) is 30.3 Å². The molecule has 0 spiro atoms. The van der Waals surface area contributed by atoms with Crippen molar-refractivity contribution in [2.45, 2.75) is 19.4 Å². The zero-order chi connectivity index (χ0) is 19.9. The molecule has 27 heavy (non-hydrogen) atoms. The predicted molar refractivity (Wildman–Crippen MR) is 106 cm³/mol. The van der Waals surface area contributed by atoms with E-state index < -0.39 is 10.0 Å². The molecule has 2 aromatic carbocycles. The van der Waals surface area contributed by atoms with Gasteiger partial charge in [-0.3, -0.25) is 0 Å². The van der Waals surface area contributed by atoms with Crippen molar-refractivity contribution in [1.29, 1.82) is 0 Å². The third-order valence-corrected chi connectivity index (χ3v) is 6.20. The second-order valence-corrected chi connectivity index (χ2v) is 8.39. The van der Waals surface area contributed by atoms with Gasteiger partial charge >= 0.3 is 0 Å². The summed E-state index contributed by atoms with van der Waals surface area (Å²) < 4.78 is 42.5. The van der Waals surface area contributed by atoms with E-state index in [1.165, 1.54) is 25.6 Å². The van der Waals surface area contributed by atoms with E-state index in [4.69, 9.17) is 14.2 Å². The molecule has 0 aromatic heterocycles. The minimum atomic E-state index is -3.36. The Balaban J connectivity index is 2.05. The first-order valence-corrected chi connectivity index (χ1v) is 10.3. The molecule has 0 unspecified atom stereocenters. The third kappa shape index (κ3) is 5.61. The zero-order valence-corrected chi connectivity index (χ0v) is 17.1. The number of benzene rings is 2. The number of aryl methyl sites for hydroxylation is 1. The minimum Gasteiger partial charge on any atom is -0.493 e. The van der Waals surface area contributed by atoms with E-state index in [9.17, 15) is 8.42 Å². The molecular formula is C20H27NO5S. The molecule has 0 aliphatic rings. The van der Waals surface area contributed by atoms with E-state index in [2.05, 4.69) is 0 Å². The first kappa shape index (κ1) is 21.1. The molecule has 0 fully saturated rings. The molecular weight excluding hydrogens is 366 g/mol. The van der Waals surface area contributed by atoms with Crippen LogP contribution in [0.3, 0.4) is 0 Å². The molecule has 0 heterocycles. The first-order valence-electron chi connectivity index (χ1n) is 8.68. The third-order valence-electron chi connectivity index (χ3n) is 4.32. The van der Waals surface area contributed by atoms with Gasteiger partial charge in [-0.1, -0.05) is 30.3 Å². The topological polar surface area (TPSA) is 65.1 Å². The standard InChI is InChI=1S/C20H27NO5S/c1-21(27(22,23)12-8-11-16-9-6-5-7-10-16)15-17-13-18(24-2)20(26-4)19(14-17)25-3/h5-7,9-10,13-14H,8,11-12,15H2,1-4H3. The number of hydrogen-bond acceptors (Lipinski definition) is 5. The molecule has 6 nitrogen and oxygen atoms in total. The molecule has 0 saturated heterocycles. The Labute approximate surface area is 161 Å². The van der Waals surface area contributed by atoms with Gasteiger partial charge in [-0.15, -0.1) is 0 Å². The fraction of sp³-hybridized carbons (Fsp3) is 0.400. The van der Waals surface area contributed by atoms with Crippen LogP contribution in [0.2, 0.25) is 0 Å². The quantitative estimate of drug-likeness (QED) is 0.621. The van der Waals surface area contributed by atoms with Crippen LogP contribution in [0.1, 0.15) is 17.5 Å². The molecule has 0 bridgehead atoms. The summed E-state index contributed by atoms with van der Waals surface area (Å²) >= 11 is 0. The monoisotopic (exact) mass is 393 g/mol. The van der Waals surface area contributed by atoms with Crippen molar-refractivity contribution in [3.63, 3.8) is 0 Å². The van der Waals surface area contributed by atoms with Gasteiger partial charge in [-0.2, -0.15) is 0 Å². The average Bonchev–Trinajstić information content (AvgIpc) is 2.67. The Kier molecular flexibility index (Phi) is 7.50. The number of rotatable bonds is 10. The van der Waals surface area contributed by atoms with Crippen LogP contribution in [-0.2, 0) is 23.0 Å². The lowest BCUT2D eigenvalue weighted by Crippen LogP contribution is -2.29. The second kappa shape index (κ2) is 9.62. The highest BCUT2D eigenvalue weighted by Gasteiger charge is 2.20. The maximum absolute atomic E-state index is 12.6. The lowest BCUT2D eigenvalue weighted by Gasteiger charge is -2.19. The Morgan fingerprint density at radius 1 is 0.889 bits per heavy atom. The predicted octanol–water partition coefficient (Wildman–Crippen LogP) is 3.11. The summed E-state index contributed by atoms with van der Waals surface area (Å²) in [5.41, 5.74) is 1.90. The highest BCUT2D eigenvalue weighted by Crippen LogP contribution is 2.38. The van der Waals surface area contributed by atoms with E-state index in [1.54, 1.807) is 19.2 Å². The normalized spacial score (nSPS) is 11.4. The van der Waals surface area contributed by atoms with Gasteiger partial charge < -0.3 is 14.2 Å². The fourth-order valence-electron chi connectivity index (χ4n) is 2.84. The summed E-state index contributed by atoms with van der Waals surface area (Å²) in [5.74, 6) is 1.59. The number of methoxy groups -OCH3 is 3. The highest BCUT2D eigenvalue weighted by molar-refractivity contribution is 7.89. The van der Waals surface area contributed by atoms with Gasteiger partial charge in [0.2, 0.25) is 15.8 Å². The van der Waals surface area contributed by atoms with Crippen molar-refractivity contribution in [1.82, 2.24) is 4.31 Å². The van der Waals surface area contributed by atoms with E-state index in [0.717, 1.165) is 17.5 Å². The van der Waals surface area contributed by atoms with Gasteiger partial charge in [0.05, 0.1) is 27.1 Å². The van der Waals surface area contributed by atoms with Gasteiger partial charge in [0.15, 0.2) is 11.5 Å². The average molecular weight is 394 g/mol. The number of ether oxygens (including phenoxy) is 3. The van der Waals surface area contributed by atoms with Crippen LogP contribution >= 0.6 is 0 Å². The van der Waals surface area contributed by atoms with Gasteiger partial charge in [-0.25, -0.2) is 12.7 Å². The largest absolute Gasteiger partial charge is 0.493 e. The van der Waals surface area contributed by atoms with Crippen LogP contribution in [0, 0.1) is 0 Å².